The molecule has 0 heterocycles. The lowest BCUT2D eigenvalue weighted by molar-refractivity contribution is 0.104. The van der Waals surface area contributed by atoms with E-state index in [2.05, 4.69) is 0 Å². The number of allylic oxidation sites excluding steroid dienone is 1. The third kappa shape index (κ3) is 2.94. The van der Waals surface area contributed by atoms with Gasteiger partial charge in [0.25, 0.3) is 0 Å². The monoisotopic (exact) mass is 191 g/mol. The van der Waals surface area contributed by atoms with Crippen molar-refractivity contribution in [2.24, 2.45) is 0 Å². The van der Waals surface area contributed by atoms with Crippen molar-refractivity contribution >= 4 is 5.78 Å². The number of ketones is 1. The maximum atomic E-state index is 11.5. The Morgan fingerprint density at radius 3 is 2.36 bits per heavy atom. The number of phenolic OH excluding ortho intramolecular Hbond substituents is 1. The molecular weight excluding hydrogens is 178 g/mol. The topological polar surface area (TPSA) is 40.5 Å². The molecule has 0 aromatic heterocycles. The van der Waals surface area contributed by atoms with Crippen molar-refractivity contribution in [2.75, 3.05) is 14.1 Å². The Kier molecular flexibility index (Phi) is 3.29. The van der Waals surface area contributed by atoms with E-state index >= 15 is 0 Å². The van der Waals surface area contributed by atoms with Gasteiger partial charge in [-0.3, -0.25) is 4.79 Å². The molecule has 0 aliphatic heterocycles. The fraction of sp³-hybridized carbons (Fsp3) is 0.182. The Bertz CT molecular complexity index is 339. The zero-order chi connectivity index (χ0) is 10.6. The van der Waals surface area contributed by atoms with E-state index in [9.17, 15) is 4.79 Å². The molecular formula is C11H13NO2. The number of carbonyl (C=O) groups is 1. The van der Waals surface area contributed by atoms with Crippen molar-refractivity contribution < 1.29 is 9.90 Å². The highest BCUT2D eigenvalue weighted by Gasteiger charge is 2.00. The Balaban J connectivity index is 2.75. The van der Waals surface area contributed by atoms with E-state index < -0.39 is 0 Å². The largest absolute Gasteiger partial charge is 0.508 e. The van der Waals surface area contributed by atoms with Crippen LogP contribution in [0.25, 0.3) is 0 Å². The fourth-order valence-corrected chi connectivity index (χ4v) is 0.939. The zero-order valence-electron chi connectivity index (χ0n) is 8.27. The quantitative estimate of drug-likeness (QED) is 0.583. The maximum Gasteiger partial charge on any atom is 0.187 e. The molecule has 74 valence electrons. The number of aromatic hydroxyl groups is 1. The molecule has 3 nitrogen and oxygen atoms in total. The second kappa shape index (κ2) is 4.46. The van der Waals surface area contributed by atoms with Crippen LogP contribution in [-0.2, 0) is 0 Å². The molecule has 0 atom stereocenters. The summed E-state index contributed by atoms with van der Waals surface area (Å²) >= 11 is 0. The van der Waals surface area contributed by atoms with Crippen molar-refractivity contribution in [1.29, 1.82) is 0 Å². The van der Waals surface area contributed by atoms with Crippen molar-refractivity contribution in [3.05, 3.63) is 42.1 Å². The van der Waals surface area contributed by atoms with Gasteiger partial charge in [0.2, 0.25) is 0 Å². The normalized spacial score (nSPS) is 10.4. The van der Waals surface area contributed by atoms with Crippen molar-refractivity contribution in [3.63, 3.8) is 0 Å². The highest BCUT2D eigenvalue weighted by atomic mass is 16.3. The summed E-state index contributed by atoms with van der Waals surface area (Å²) in [4.78, 5) is 13.3. The number of hydrogen-bond acceptors (Lipinski definition) is 3. The summed E-state index contributed by atoms with van der Waals surface area (Å²) in [5, 5.41) is 9.02. The van der Waals surface area contributed by atoms with Crippen LogP contribution < -0.4 is 0 Å². The summed E-state index contributed by atoms with van der Waals surface area (Å²) in [6, 6.07) is 6.18. The SMILES string of the molecule is CN(C)C=CC(=O)c1ccc(O)cc1. The van der Waals surface area contributed by atoms with E-state index in [4.69, 9.17) is 5.11 Å². The summed E-state index contributed by atoms with van der Waals surface area (Å²) in [5.74, 6) is 0.0943. The molecule has 0 unspecified atom stereocenters. The Morgan fingerprint density at radius 1 is 1.29 bits per heavy atom. The predicted octanol–water partition coefficient (Wildman–Crippen LogP) is 1.65. The lowest BCUT2D eigenvalue weighted by Crippen LogP contribution is -2.02. The van der Waals surface area contributed by atoms with Crippen molar-refractivity contribution in [1.82, 2.24) is 4.90 Å². The summed E-state index contributed by atoms with van der Waals surface area (Å²) in [5.41, 5.74) is 0.570. The Labute approximate surface area is 83.3 Å². The van der Waals surface area contributed by atoms with Crippen LogP contribution in [0, 0.1) is 0 Å². The molecule has 0 radical (unpaired) electrons. The van der Waals surface area contributed by atoms with Crippen LogP contribution in [0.15, 0.2) is 36.5 Å². The summed E-state index contributed by atoms with van der Waals surface area (Å²) in [7, 11) is 3.70. The smallest absolute Gasteiger partial charge is 0.187 e. The number of phenols is 1. The Morgan fingerprint density at radius 2 is 1.86 bits per heavy atom. The number of benzene rings is 1. The molecule has 0 bridgehead atoms. The molecule has 0 saturated heterocycles. The first-order valence-corrected chi connectivity index (χ1v) is 4.27. The van der Waals surface area contributed by atoms with E-state index in [1.54, 1.807) is 23.2 Å². The van der Waals surface area contributed by atoms with Gasteiger partial charge in [0.1, 0.15) is 5.75 Å². The number of nitrogens with zero attached hydrogens (tertiary/aromatic N) is 1. The maximum absolute atomic E-state index is 11.5. The second-order valence-electron chi connectivity index (χ2n) is 3.19. The molecule has 0 fully saturated rings. The van der Waals surface area contributed by atoms with Crippen LogP contribution in [0.1, 0.15) is 10.4 Å². The van der Waals surface area contributed by atoms with Gasteiger partial charge in [0.05, 0.1) is 0 Å². The second-order valence-corrected chi connectivity index (χ2v) is 3.19. The number of rotatable bonds is 3. The van der Waals surface area contributed by atoms with Gasteiger partial charge in [-0.25, -0.2) is 0 Å². The van der Waals surface area contributed by atoms with Gasteiger partial charge in [-0.2, -0.15) is 0 Å². The molecule has 0 amide bonds. The summed E-state index contributed by atoms with van der Waals surface area (Å²) < 4.78 is 0. The molecule has 0 spiro atoms. The van der Waals surface area contributed by atoms with Crippen molar-refractivity contribution in [2.45, 2.75) is 0 Å². The minimum Gasteiger partial charge on any atom is -0.508 e. The van der Waals surface area contributed by atoms with Crippen LogP contribution >= 0.6 is 0 Å². The first-order valence-electron chi connectivity index (χ1n) is 4.27. The zero-order valence-corrected chi connectivity index (χ0v) is 8.27. The average molecular weight is 191 g/mol. The number of carbonyl (C=O) groups excluding carboxylic acids is 1. The van der Waals surface area contributed by atoms with Gasteiger partial charge < -0.3 is 10.0 Å². The molecule has 0 aliphatic carbocycles. The lowest BCUT2D eigenvalue weighted by atomic mass is 10.1. The van der Waals surface area contributed by atoms with Gasteiger partial charge in [0, 0.05) is 31.9 Å². The molecule has 1 aromatic carbocycles. The van der Waals surface area contributed by atoms with Crippen molar-refractivity contribution in [3.8, 4) is 5.75 Å². The highest BCUT2D eigenvalue weighted by Crippen LogP contribution is 2.10. The average Bonchev–Trinajstić information content (AvgIpc) is 2.15. The Hall–Kier alpha value is -1.77. The van der Waals surface area contributed by atoms with Gasteiger partial charge in [-0.15, -0.1) is 0 Å². The fourth-order valence-electron chi connectivity index (χ4n) is 0.939. The highest BCUT2D eigenvalue weighted by molar-refractivity contribution is 6.04. The van der Waals surface area contributed by atoms with Gasteiger partial charge in [-0.05, 0) is 24.3 Å². The molecule has 3 heteroatoms. The third-order valence-electron chi connectivity index (χ3n) is 1.68. The number of hydrogen-bond donors (Lipinski definition) is 1. The molecule has 1 N–H and O–H groups in total. The van der Waals surface area contributed by atoms with E-state index in [0.717, 1.165) is 0 Å². The van der Waals surface area contributed by atoms with Gasteiger partial charge in [0.15, 0.2) is 5.78 Å². The summed E-state index contributed by atoms with van der Waals surface area (Å²) in [6.07, 6.45) is 3.18. The van der Waals surface area contributed by atoms with E-state index in [1.165, 1.54) is 18.2 Å². The van der Waals surface area contributed by atoms with Crippen LogP contribution in [0.4, 0.5) is 0 Å². The molecule has 1 aromatic rings. The van der Waals surface area contributed by atoms with Crippen LogP contribution in [-0.4, -0.2) is 29.9 Å². The minimum absolute atomic E-state index is 0.0706. The van der Waals surface area contributed by atoms with E-state index in [1.807, 2.05) is 14.1 Å². The lowest BCUT2D eigenvalue weighted by Gasteiger charge is -2.02. The van der Waals surface area contributed by atoms with E-state index in [-0.39, 0.29) is 11.5 Å². The van der Waals surface area contributed by atoms with Crippen LogP contribution in [0.5, 0.6) is 5.75 Å². The molecule has 1 rings (SSSR count). The van der Waals surface area contributed by atoms with Crippen LogP contribution in [0.2, 0.25) is 0 Å². The molecule has 14 heavy (non-hydrogen) atoms. The van der Waals surface area contributed by atoms with Gasteiger partial charge >= 0.3 is 0 Å². The first-order chi connectivity index (χ1) is 6.59. The third-order valence-corrected chi connectivity index (χ3v) is 1.68. The van der Waals surface area contributed by atoms with Gasteiger partial charge in [-0.1, -0.05) is 0 Å². The molecule has 0 saturated carbocycles. The summed E-state index contributed by atoms with van der Waals surface area (Å²) in [6.45, 7) is 0. The predicted molar refractivity (Wildman–Crippen MR) is 55.3 cm³/mol. The van der Waals surface area contributed by atoms with E-state index in [0.29, 0.717) is 5.56 Å². The standard InChI is InChI=1S/C11H13NO2/c1-12(2)8-7-11(14)9-3-5-10(13)6-4-9/h3-8,13H,1-2H3. The van der Waals surface area contributed by atoms with Crippen LogP contribution in [0.3, 0.4) is 0 Å². The minimum atomic E-state index is -0.0706. The first kappa shape index (κ1) is 10.3. The molecule has 0 aliphatic rings.